The Kier molecular flexibility index (Phi) is 3.62. The highest BCUT2D eigenvalue weighted by atomic mass is 32.2. The van der Waals surface area contributed by atoms with Crippen molar-refractivity contribution in [3.8, 4) is 0 Å². The summed E-state index contributed by atoms with van der Waals surface area (Å²) in [6.07, 6.45) is 3.83. The predicted octanol–water partition coefficient (Wildman–Crippen LogP) is 2.94. The molecule has 5 nitrogen and oxygen atoms in total. The number of aromatic nitrogens is 2. The van der Waals surface area contributed by atoms with Crippen LogP contribution in [0.1, 0.15) is 30.7 Å². The lowest BCUT2D eigenvalue weighted by atomic mass is 9.90. The number of anilines is 1. The number of hydrazine groups is 1. The summed E-state index contributed by atoms with van der Waals surface area (Å²) in [6, 6.07) is 0. The highest BCUT2D eigenvalue weighted by Crippen LogP contribution is 2.42. The van der Waals surface area contributed by atoms with Gasteiger partial charge in [0.15, 0.2) is 11.0 Å². The number of hydrogen-bond donors (Lipinski definition) is 2. The summed E-state index contributed by atoms with van der Waals surface area (Å²) >= 11 is 3.21. The number of thiophene rings is 1. The average molecular weight is 310 g/mol. The maximum Gasteiger partial charge on any atom is 0.190 e. The summed E-state index contributed by atoms with van der Waals surface area (Å²) in [5.41, 5.74) is 3.91. The molecule has 0 unspecified atom stereocenters. The second-order valence-electron chi connectivity index (χ2n) is 5.16. The smallest absolute Gasteiger partial charge is 0.190 e. The minimum Gasteiger partial charge on any atom is -0.369 e. The maximum atomic E-state index is 6.01. The Morgan fingerprint density at radius 2 is 2.30 bits per heavy atom. The van der Waals surface area contributed by atoms with Crippen LogP contribution in [0.15, 0.2) is 5.16 Å². The summed E-state index contributed by atoms with van der Waals surface area (Å²) in [5.74, 6) is 6.38. The highest BCUT2D eigenvalue weighted by Gasteiger charge is 2.33. The van der Waals surface area contributed by atoms with E-state index in [9.17, 15) is 0 Å². The van der Waals surface area contributed by atoms with E-state index in [2.05, 4.69) is 29.2 Å². The molecule has 20 heavy (non-hydrogen) atoms. The standard InChI is InChI=1S/C13H18N4OS2/c1-4-13(2)5-7-8(6-18-13)20-11-9(7)10(17-14)15-12(16-11)19-3/h4-6,14H2,1-3H3,(H,15,16,17)/t13-/m0/s1. The first-order valence-electron chi connectivity index (χ1n) is 6.57. The van der Waals surface area contributed by atoms with Crippen molar-refractivity contribution in [1.82, 2.24) is 9.97 Å². The molecular formula is C13H18N4OS2. The van der Waals surface area contributed by atoms with Crippen LogP contribution >= 0.6 is 23.1 Å². The number of ether oxygens (including phenoxy) is 1. The summed E-state index contributed by atoms with van der Waals surface area (Å²) in [6.45, 7) is 4.97. The lowest BCUT2D eigenvalue weighted by Gasteiger charge is -2.33. The molecule has 1 aliphatic heterocycles. The molecule has 3 rings (SSSR count). The van der Waals surface area contributed by atoms with Gasteiger partial charge < -0.3 is 10.2 Å². The van der Waals surface area contributed by atoms with Gasteiger partial charge in [0.1, 0.15) is 4.83 Å². The third kappa shape index (κ3) is 2.18. The Hall–Kier alpha value is -0.890. The van der Waals surface area contributed by atoms with Gasteiger partial charge in [-0.3, -0.25) is 0 Å². The zero-order valence-electron chi connectivity index (χ0n) is 11.8. The molecule has 1 aliphatic rings. The van der Waals surface area contributed by atoms with E-state index in [-0.39, 0.29) is 5.60 Å². The third-order valence-corrected chi connectivity index (χ3v) is 5.53. The van der Waals surface area contributed by atoms with Crippen LogP contribution < -0.4 is 11.3 Å². The van der Waals surface area contributed by atoms with Gasteiger partial charge in [-0.1, -0.05) is 18.7 Å². The molecule has 0 saturated heterocycles. The Morgan fingerprint density at radius 3 is 2.95 bits per heavy atom. The quantitative estimate of drug-likeness (QED) is 0.393. The van der Waals surface area contributed by atoms with Gasteiger partial charge in [0, 0.05) is 11.3 Å². The van der Waals surface area contributed by atoms with E-state index >= 15 is 0 Å². The monoisotopic (exact) mass is 310 g/mol. The Bertz CT molecular complexity index is 657. The largest absolute Gasteiger partial charge is 0.369 e. The molecule has 0 aromatic carbocycles. The highest BCUT2D eigenvalue weighted by molar-refractivity contribution is 7.98. The summed E-state index contributed by atoms with van der Waals surface area (Å²) in [7, 11) is 0. The van der Waals surface area contributed by atoms with Gasteiger partial charge >= 0.3 is 0 Å². The maximum absolute atomic E-state index is 6.01. The zero-order chi connectivity index (χ0) is 14.3. The van der Waals surface area contributed by atoms with Crippen molar-refractivity contribution in [1.29, 1.82) is 0 Å². The fourth-order valence-corrected chi connectivity index (χ4v) is 4.00. The van der Waals surface area contributed by atoms with Crippen LogP contribution in [0.4, 0.5) is 5.82 Å². The third-order valence-electron chi connectivity index (χ3n) is 3.88. The Labute approximate surface area is 126 Å². The molecule has 3 N–H and O–H groups in total. The van der Waals surface area contributed by atoms with Gasteiger partial charge in [-0.2, -0.15) is 0 Å². The van der Waals surface area contributed by atoms with Crippen LogP contribution in [0.25, 0.3) is 10.2 Å². The van der Waals surface area contributed by atoms with Crippen LogP contribution in [0.5, 0.6) is 0 Å². The normalized spacial score (nSPS) is 22.0. The molecule has 108 valence electrons. The molecule has 1 atom stereocenters. The number of nitrogens with zero attached hydrogens (tertiary/aromatic N) is 2. The molecule has 0 bridgehead atoms. The van der Waals surface area contributed by atoms with Crippen molar-refractivity contribution in [3.05, 3.63) is 10.4 Å². The van der Waals surface area contributed by atoms with Gasteiger partial charge in [-0.25, -0.2) is 15.8 Å². The van der Waals surface area contributed by atoms with Crippen LogP contribution in [0.3, 0.4) is 0 Å². The van der Waals surface area contributed by atoms with E-state index < -0.39 is 0 Å². The minimum absolute atomic E-state index is 0.106. The number of hydrogen-bond acceptors (Lipinski definition) is 7. The molecule has 0 saturated carbocycles. The molecule has 3 heterocycles. The Balaban J connectivity index is 2.20. The summed E-state index contributed by atoms with van der Waals surface area (Å²) in [4.78, 5) is 11.3. The molecule has 0 radical (unpaired) electrons. The lowest BCUT2D eigenvalue weighted by Crippen LogP contribution is -2.34. The van der Waals surface area contributed by atoms with Gasteiger partial charge in [0.2, 0.25) is 0 Å². The Morgan fingerprint density at radius 1 is 1.50 bits per heavy atom. The molecule has 7 heteroatoms. The van der Waals surface area contributed by atoms with E-state index in [1.165, 1.54) is 22.2 Å². The van der Waals surface area contributed by atoms with Gasteiger partial charge in [-0.05, 0) is 25.2 Å². The fourth-order valence-electron chi connectivity index (χ4n) is 2.48. The van der Waals surface area contributed by atoms with Crippen LogP contribution in [0, 0.1) is 0 Å². The first-order valence-corrected chi connectivity index (χ1v) is 8.61. The fraction of sp³-hybridized carbons (Fsp3) is 0.538. The van der Waals surface area contributed by atoms with E-state index in [0.29, 0.717) is 6.61 Å². The van der Waals surface area contributed by atoms with Crippen LogP contribution in [-0.2, 0) is 17.8 Å². The molecule has 2 aromatic rings. The summed E-state index contributed by atoms with van der Waals surface area (Å²) in [5, 5.41) is 1.80. The first kappa shape index (κ1) is 14.1. The number of nitrogens with one attached hydrogen (secondary N) is 1. The number of rotatable bonds is 3. The first-order chi connectivity index (χ1) is 9.60. The van der Waals surface area contributed by atoms with Crippen molar-refractivity contribution < 1.29 is 4.74 Å². The van der Waals surface area contributed by atoms with E-state index in [1.807, 2.05) is 6.26 Å². The van der Waals surface area contributed by atoms with Crippen molar-refractivity contribution in [2.45, 2.75) is 44.1 Å². The molecule has 0 spiro atoms. The lowest BCUT2D eigenvalue weighted by molar-refractivity contribution is -0.0542. The molecule has 0 fully saturated rings. The van der Waals surface area contributed by atoms with E-state index in [1.54, 1.807) is 11.3 Å². The number of thioether (sulfide) groups is 1. The minimum atomic E-state index is -0.106. The number of fused-ring (bicyclic) bond motifs is 3. The van der Waals surface area contributed by atoms with Gasteiger partial charge in [0.25, 0.3) is 0 Å². The van der Waals surface area contributed by atoms with Gasteiger partial charge in [-0.15, -0.1) is 11.3 Å². The predicted molar refractivity (Wildman–Crippen MR) is 84.2 cm³/mol. The van der Waals surface area contributed by atoms with Crippen molar-refractivity contribution in [2.75, 3.05) is 11.7 Å². The van der Waals surface area contributed by atoms with Crippen molar-refractivity contribution in [3.63, 3.8) is 0 Å². The second kappa shape index (κ2) is 5.14. The average Bonchev–Trinajstić information content (AvgIpc) is 2.83. The summed E-state index contributed by atoms with van der Waals surface area (Å²) < 4.78 is 6.01. The van der Waals surface area contributed by atoms with Crippen molar-refractivity contribution >= 4 is 39.1 Å². The van der Waals surface area contributed by atoms with Crippen LogP contribution in [0.2, 0.25) is 0 Å². The molecule has 0 aliphatic carbocycles. The van der Waals surface area contributed by atoms with Gasteiger partial charge in [0.05, 0.1) is 17.6 Å². The molecule has 0 amide bonds. The SMILES string of the molecule is CC[C@@]1(C)Cc2c(sc3nc(SC)nc(NN)c23)CO1. The number of nitrogen functional groups attached to an aromatic ring is 1. The number of nitrogens with two attached hydrogens (primary N) is 1. The van der Waals surface area contributed by atoms with E-state index in [0.717, 1.165) is 34.0 Å². The van der Waals surface area contributed by atoms with Crippen molar-refractivity contribution in [2.24, 2.45) is 5.84 Å². The second-order valence-corrected chi connectivity index (χ2v) is 7.01. The van der Waals surface area contributed by atoms with Crippen LogP contribution in [-0.4, -0.2) is 21.8 Å². The zero-order valence-corrected chi connectivity index (χ0v) is 13.5. The molecular weight excluding hydrogens is 292 g/mol. The van der Waals surface area contributed by atoms with E-state index in [4.69, 9.17) is 10.6 Å². The topological polar surface area (TPSA) is 73.1 Å². The molecule has 2 aromatic heterocycles.